The van der Waals surface area contributed by atoms with E-state index in [-0.39, 0.29) is 17.2 Å². The Morgan fingerprint density at radius 2 is 1.81 bits per heavy atom. The summed E-state index contributed by atoms with van der Waals surface area (Å²) in [4.78, 5) is 26.2. The molecule has 0 aromatic carbocycles. The molecule has 1 saturated heterocycles. The molecule has 27 heavy (non-hydrogen) atoms. The van der Waals surface area contributed by atoms with Crippen LogP contribution in [0.2, 0.25) is 0 Å². The maximum absolute atomic E-state index is 12.6. The van der Waals surface area contributed by atoms with Gasteiger partial charge in [0.15, 0.2) is 0 Å². The molecule has 4 atom stereocenters. The third kappa shape index (κ3) is 3.58. The Hall–Kier alpha value is -1.64. The van der Waals surface area contributed by atoms with E-state index >= 15 is 0 Å². The third-order valence-electron chi connectivity index (χ3n) is 7.50. The summed E-state index contributed by atoms with van der Waals surface area (Å²) in [6, 6.07) is 0. The van der Waals surface area contributed by atoms with E-state index < -0.39 is 0 Å². The zero-order valence-corrected chi connectivity index (χ0v) is 17.0. The molecule has 146 valence electrons. The van der Waals surface area contributed by atoms with Crippen molar-refractivity contribution in [2.75, 3.05) is 7.05 Å². The number of hydrogen-bond acceptors (Lipinski definition) is 2. The van der Waals surface area contributed by atoms with E-state index in [1.807, 2.05) is 0 Å². The van der Waals surface area contributed by atoms with Crippen molar-refractivity contribution in [3.8, 4) is 0 Å². The summed E-state index contributed by atoms with van der Waals surface area (Å²) in [6.07, 6.45) is 17.2. The Labute approximate surface area is 163 Å². The molecule has 3 heteroatoms. The molecule has 0 bridgehead atoms. The molecule has 1 aliphatic heterocycles. The third-order valence-corrected chi connectivity index (χ3v) is 7.50. The summed E-state index contributed by atoms with van der Waals surface area (Å²) < 4.78 is 0. The van der Waals surface area contributed by atoms with Crippen LogP contribution in [0.3, 0.4) is 0 Å². The number of amides is 2. The lowest BCUT2D eigenvalue weighted by Crippen LogP contribution is -2.40. The molecule has 0 radical (unpaired) electrons. The van der Waals surface area contributed by atoms with Crippen molar-refractivity contribution in [1.82, 2.24) is 4.90 Å². The number of carbonyl (C=O) groups is 2. The molecule has 2 amide bonds. The maximum atomic E-state index is 12.6. The van der Waals surface area contributed by atoms with Crippen LogP contribution in [0.15, 0.2) is 35.5 Å². The maximum Gasteiger partial charge on any atom is 0.229 e. The Morgan fingerprint density at radius 1 is 1.00 bits per heavy atom. The Kier molecular flexibility index (Phi) is 4.90. The number of carbonyl (C=O) groups excluding carboxylic acids is 2. The van der Waals surface area contributed by atoms with Gasteiger partial charge in [0.05, 0.1) is 0 Å². The fraction of sp³-hybridized carbons (Fsp3) is 0.667. The minimum atomic E-state index is 0.00311. The minimum Gasteiger partial charge on any atom is -0.286 e. The molecule has 3 nitrogen and oxygen atoms in total. The molecule has 0 spiro atoms. The van der Waals surface area contributed by atoms with Gasteiger partial charge in [-0.1, -0.05) is 38.2 Å². The first-order valence-electron chi connectivity index (χ1n) is 10.8. The molecule has 3 fully saturated rings. The van der Waals surface area contributed by atoms with Crippen molar-refractivity contribution >= 4 is 11.8 Å². The predicted molar refractivity (Wildman–Crippen MR) is 108 cm³/mol. The predicted octanol–water partition coefficient (Wildman–Crippen LogP) is 5.05. The highest BCUT2D eigenvalue weighted by molar-refractivity contribution is 5.95. The molecular formula is C24H33NO2. The van der Waals surface area contributed by atoms with Gasteiger partial charge in [-0.05, 0) is 73.3 Å². The van der Waals surface area contributed by atoms with Gasteiger partial charge in [-0.25, -0.2) is 0 Å². The van der Waals surface area contributed by atoms with Gasteiger partial charge in [-0.3, -0.25) is 14.5 Å². The molecule has 4 rings (SSSR count). The van der Waals surface area contributed by atoms with Gasteiger partial charge in [0.25, 0.3) is 0 Å². The molecule has 2 saturated carbocycles. The first-order chi connectivity index (χ1) is 12.9. The number of fused-ring (bicyclic) bond motifs is 5. The van der Waals surface area contributed by atoms with E-state index in [2.05, 4.69) is 38.2 Å². The topological polar surface area (TPSA) is 37.4 Å². The molecule has 1 heterocycles. The summed E-state index contributed by atoms with van der Waals surface area (Å²) in [5.41, 5.74) is 3.22. The lowest BCUT2D eigenvalue weighted by Gasteiger charge is -2.48. The fourth-order valence-corrected chi connectivity index (χ4v) is 6.08. The van der Waals surface area contributed by atoms with Crippen LogP contribution in [-0.4, -0.2) is 23.8 Å². The normalized spacial score (nSPS) is 36.2. The summed E-state index contributed by atoms with van der Waals surface area (Å²) in [7, 11) is 1.67. The second kappa shape index (κ2) is 7.07. The highest BCUT2D eigenvalue weighted by atomic mass is 16.2. The quantitative estimate of drug-likeness (QED) is 0.562. The van der Waals surface area contributed by atoms with Crippen molar-refractivity contribution in [3.05, 3.63) is 35.5 Å². The van der Waals surface area contributed by atoms with Crippen molar-refractivity contribution in [2.24, 2.45) is 29.1 Å². The van der Waals surface area contributed by atoms with Crippen LogP contribution in [0, 0.1) is 29.1 Å². The van der Waals surface area contributed by atoms with Crippen LogP contribution in [0.5, 0.6) is 0 Å². The monoisotopic (exact) mass is 367 g/mol. The van der Waals surface area contributed by atoms with Crippen molar-refractivity contribution in [2.45, 2.75) is 65.2 Å². The lowest BCUT2D eigenvalue weighted by atomic mass is 9.57. The van der Waals surface area contributed by atoms with Gasteiger partial charge in [0.2, 0.25) is 11.8 Å². The van der Waals surface area contributed by atoms with Crippen LogP contribution < -0.4 is 0 Å². The van der Waals surface area contributed by atoms with Gasteiger partial charge in [0, 0.05) is 25.3 Å². The highest BCUT2D eigenvalue weighted by Gasteiger charge is 2.44. The number of nitrogens with zero attached hydrogens (tertiary/aromatic N) is 1. The van der Waals surface area contributed by atoms with Gasteiger partial charge >= 0.3 is 0 Å². The highest BCUT2D eigenvalue weighted by Crippen LogP contribution is 2.53. The number of rotatable bonds is 0. The molecule has 4 unspecified atom stereocenters. The second-order valence-electron chi connectivity index (χ2n) is 9.73. The number of imide groups is 1. The average Bonchev–Trinajstić information content (AvgIpc) is 2.75. The molecule has 3 aliphatic carbocycles. The zero-order valence-electron chi connectivity index (χ0n) is 17.0. The smallest absolute Gasteiger partial charge is 0.229 e. The van der Waals surface area contributed by atoms with Crippen molar-refractivity contribution in [3.63, 3.8) is 0 Å². The fourth-order valence-electron chi connectivity index (χ4n) is 6.08. The van der Waals surface area contributed by atoms with E-state index in [0.29, 0.717) is 36.5 Å². The lowest BCUT2D eigenvalue weighted by molar-refractivity contribution is -0.143. The summed E-state index contributed by atoms with van der Waals surface area (Å²) >= 11 is 0. The van der Waals surface area contributed by atoms with Crippen LogP contribution >= 0.6 is 0 Å². The minimum absolute atomic E-state index is 0.00311. The number of hydrogen-bond donors (Lipinski definition) is 0. The van der Waals surface area contributed by atoms with Gasteiger partial charge in [0.1, 0.15) is 0 Å². The first-order valence-corrected chi connectivity index (χ1v) is 10.8. The first kappa shape index (κ1) is 18.7. The SMILES string of the molecule is CN1C(=O)CCCC2C(CCC3C4=CC(C)(C)C=CC=C4CCC32)CC1=O. The van der Waals surface area contributed by atoms with Gasteiger partial charge < -0.3 is 0 Å². The molecule has 0 aromatic rings. The molecular weight excluding hydrogens is 334 g/mol. The Bertz CT molecular complexity index is 727. The van der Waals surface area contributed by atoms with Gasteiger partial charge in [-0.2, -0.15) is 0 Å². The van der Waals surface area contributed by atoms with Crippen LogP contribution in [0.4, 0.5) is 0 Å². The summed E-state index contributed by atoms with van der Waals surface area (Å²) in [6.45, 7) is 4.59. The average molecular weight is 368 g/mol. The van der Waals surface area contributed by atoms with E-state index in [0.717, 1.165) is 25.7 Å². The second-order valence-corrected chi connectivity index (χ2v) is 9.73. The Balaban J connectivity index is 1.62. The summed E-state index contributed by atoms with van der Waals surface area (Å²) in [5.74, 6) is 2.39. The molecule has 0 aromatic heterocycles. The molecule has 0 N–H and O–H groups in total. The van der Waals surface area contributed by atoms with E-state index in [4.69, 9.17) is 0 Å². The van der Waals surface area contributed by atoms with Crippen LogP contribution in [0.25, 0.3) is 0 Å². The standard InChI is InChI=1S/C24H33NO2/c1-24(2)13-5-6-16-9-11-19-18-7-4-8-22(26)25(3)23(27)14-17(18)10-12-20(19)21(16)15-24/h5-6,13,15,17-20H,4,7-12,14H2,1-3H3. The number of allylic oxidation sites excluding steroid dienone is 6. The summed E-state index contributed by atoms with van der Waals surface area (Å²) in [5, 5.41) is 0. The van der Waals surface area contributed by atoms with Gasteiger partial charge in [-0.15, -0.1) is 0 Å². The Morgan fingerprint density at radius 3 is 2.63 bits per heavy atom. The van der Waals surface area contributed by atoms with E-state index in [1.165, 1.54) is 23.3 Å². The van der Waals surface area contributed by atoms with E-state index in [1.54, 1.807) is 12.6 Å². The van der Waals surface area contributed by atoms with E-state index in [9.17, 15) is 9.59 Å². The van der Waals surface area contributed by atoms with Crippen molar-refractivity contribution < 1.29 is 9.59 Å². The zero-order chi connectivity index (χ0) is 19.2. The van der Waals surface area contributed by atoms with Crippen LogP contribution in [-0.2, 0) is 9.59 Å². The molecule has 4 aliphatic rings. The largest absolute Gasteiger partial charge is 0.286 e. The van der Waals surface area contributed by atoms with Crippen molar-refractivity contribution in [1.29, 1.82) is 0 Å². The van der Waals surface area contributed by atoms with Crippen LogP contribution in [0.1, 0.15) is 65.2 Å².